The van der Waals surface area contributed by atoms with Crippen LogP contribution >= 0.6 is 23.1 Å². The number of ether oxygens (including phenoxy) is 1. The van der Waals surface area contributed by atoms with Gasteiger partial charge >= 0.3 is 6.18 Å². The maximum absolute atomic E-state index is 13.3. The van der Waals surface area contributed by atoms with Crippen LogP contribution in [0.25, 0.3) is 10.6 Å². The lowest BCUT2D eigenvalue weighted by Gasteiger charge is -2.34. The van der Waals surface area contributed by atoms with Gasteiger partial charge in [0.1, 0.15) is 11.4 Å². The maximum Gasteiger partial charge on any atom is 0.420 e. The highest BCUT2D eigenvalue weighted by molar-refractivity contribution is 7.99. The summed E-state index contributed by atoms with van der Waals surface area (Å²) in [4.78, 5) is 22.8. The SMILES string of the molecule is Cc1ncc(C(F)(F)F)c(-c2cc(SCCN(C=O)C3COC3)c(C)s2)n1. The molecule has 5 nitrogen and oxygen atoms in total. The molecule has 0 saturated carbocycles. The second kappa shape index (κ2) is 8.15. The van der Waals surface area contributed by atoms with E-state index in [-0.39, 0.29) is 11.7 Å². The number of halogens is 3. The molecule has 1 aliphatic rings. The minimum absolute atomic E-state index is 0.0870. The Balaban J connectivity index is 1.75. The zero-order valence-electron chi connectivity index (χ0n) is 14.7. The number of carbonyl (C=O) groups excluding carboxylic acids is 1. The highest BCUT2D eigenvalue weighted by Crippen LogP contribution is 2.41. The number of thioether (sulfide) groups is 1. The zero-order valence-corrected chi connectivity index (χ0v) is 16.4. The van der Waals surface area contributed by atoms with Gasteiger partial charge in [0.2, 0.25) is 6.41 Å². The Morgan fingerprint density at radius 3 is 2.74 bits per heavy atom. The van der Waals surface area contributed by atoms with E-state index in [9.17, 15) is 18.0 Å². The number of amides is 1. The van der Waals surface area contributed by atoms with E-state index < -0.39 is 11.7 Å². The lowest BCUT2D eigenvalue weighted by molar-refractivity contribution is -0.137. The quantitative estimate of drug-likeness (QED) is 0.507. The van der Waals surface area contributed by atoms with Crippen LogP contribution in [0.15, 0.2) is 17.2 Å². The molecule has 2 aromatic heterocycles. The van der Waals surface area contributed by atoms with Gasteiger partial charge < -0.3 is 9.64 Å². The van der Waals surface area contributed by atoms with Gasteiger partial charge in [-0.05, 0) is 19.9 Å². The Hall–Kier alpha value is -1.65. The van der Waals surface area contributed by atoms with Gasteiger partial charge in [0.05, 0.1) is 29.8 Å². The topological polar surface area (TPSA) is 55.3 Å². The molecule has 1 saturated heterocycles. The lowest BCUT2D eigenvalue weighted by atomic mass is 10.2. The Bertz CT molecular complexity index is 822. The number of aromatic nitrogens is 2. The second-order valence-corrected chi connectivity index (χ2v) is 8.48. The Morgan fingerprint density at radius 2 is 2.15 bits per heavy atom. The summed E-state index contributed by atoms with van der Waals surface area (Å²) in [5.74, 6) is 0.948. The van der Waals surface area contributed by atoms with Crippen molar-refractivity contribution >= 4 is 29.5 Å². The number of alkyl halides is 3. The fourth-order valence-electron chi connectivity index (χ4n) is 2.59. The molecule has 10 heteroatoms. The summed E-state index contributed by atoms with van der Waals surface area (Å²) in [5, 5.41) is 0. The minimum atomic E-state index is -4.51. The molecule has 0 aromatic carbocycles. The van der Waals surface area contributed by atoms with Gasteiger partial charge in [-0.2, -0.15) is 13.2 Å². The summed E-state index contributed by atoms with van der Waals surface area (Å²) in [6, 6.07) is 1.86. The molecule has 3 heterocycles. The Kier molecular flexibility index (Phi) is 6.07. The van der Waals surface area contributed by atoms with E-state index in [4.69, 9.17) is 4.74 Å². The summed E-state index contributed by atoms with van der Waals surface area (Å²) in [6.07, 6.45) is -2.86. The lowest BCUT2D eigenvalue weighted by Crippen LogP contribution is -2.49. The third-order valence-corrected chi connectivity index (χ3v) is 6.46. The van der Waals surface area contributed by atoms with E-state index >= 15 is 0 Å². The number of thiophene rings is 1. The third kappa shape index (κ3) is 4.61. The number of carbonyl (C=O) groups is 1. The van der Waals surface area contributed by atoms with Gasteiger partial charge in [0.25, 0.3) is 0 Å². The van der Waals surface area contributed by atoms with Crippen molar-refractivity contribution in [1.29, 1.82) is 0 Å². The first-order chi connectivity index (χ1) is 12.8. The van der Waals surface area contributed by atoms with E-state index in [0.29, 0.717) is 36.2 Å². The molecule has 2 aromatic rings. The number of hydrogen-bond acceptors (Lipinski definition) is 6. The molecular formula is C17H18F3N3O2S2. The zero-order chi connectivity index (χ0) is 19.6. The van der Waals surface area contributed by atoms with Crippen molar-refractivity contribution in [3.63, 3.8) is 0 Å². The molecule has 0 radical (unpaired) electrons. The van der Waals surface area contributed by atoms with Gasteiger partial charge in [-0.3, -0.25) is 4.79 Å². The summed E-state index contributed by atoms with van der Waals surface area (Å²) in [6.45, 7) is 5.11. The normalized spacial score (nSPS) is 14.9. The molecule has 27 heavy (non-hydrogen) atoms. The first-order valence-electron chi connectivity index (χ1n) is 8.23. The van der Waals surface area contributed by atoms with Crippen LogP contribution in [0.4, 0.5) is 13.2 Å². The van der Waals surface area contributed by atoms with E-state index in [0.717, 1.165) is 22.4 Å². The molecule has 0 atom stereocenters. The fourth-order valence-corrected chi connectivity index (χ4v) is 4.81. The molecule has 1 amide bonds. The van der Waals surface area contributed by atoms with Gasteiger partial charge in [-0.25, -0.2) is 9.97 Å². The molecule has 3 rings (SSSR count). The smallest absolute Gasteiger partial charge is 0.377 e. The van der Waals surface area contributed by atoms with Gasteiger partial charge in [0, 0.05) is 28.3 Å². The van der Waals surface area contributed by atoms with Gasteiger partial charge in [0.15, 0.2) is 0 Å². The van der Waals surface area contributed by atoms with Crippen LogP contribution < -0.4 is 0 Å². The number of aryl methyl sites for hydroxylation is 2. The largest absolute Gasteiger partial charge is 0.420 e. The van der Waals surface area contributed by atoms with E-state index in [1.165, 1.54) is 23.1 Å². The Morgan fingerprint density at radius 1 is 1.41 bits per heavy atom. The van der Waals surface area contributed by atoms with Crippen LogP contribution in [0.3, 0.4) is 0 Å². The summed E-state index contributed by atoms with van der Waals surface area (Å²) >= 11 is 2.80. The predicted molar refractivity (Wildman–Crippen MR) is 97.9 cm³/mol. The average Bonchev–Trinajstić information content (AvgIpc) is 2.92. The van der Waals surface area contributed by atoms with Crippen molar-refractivity contribution in [3.8, 4) is 10.6 Å². The van der Waals surface area contributed by atoms with Crippen LogP contribution in [0.1, 0.15) is 16.3 Å². The molecule has 1 aliphatic heterocycles. The van der Waals surface area contributed by atoms with E-state index in [2.05, 4.69) is 9.97 Å². The number of nitrogens with zero attached hydrogens (tertiary/aromatic N) is 3. The third-order valence-electron chi connectivity index (χ3n) is 4.15. The average molecular weight is 417 g/mol. The molecule has 0 spiro atoms. The van der Waals surface area contributed by atoms with Crippen LogP contribution in [0.5, 0.6) is 0 Å². The van der Waals surface area contributed by atoms with E-state index in [1.807, 2.05) is 6.92 Å². The monoisotopic (exact) mass is 417 g/mol. The van der Waals surface area contributed by atoms with E-state index in [1.54, 1.807) is 17.9 Å². The highest BCUT2D eigenvalue weighted by Gasteiger charge is 2.35. The summed E-state index contributed by atoms with van der Waals surface area (Å²) < 4.78 is 45.0. The molecular weight excluding hydrogens is 399 g/mol. The second-order valence-electron chi connectivity index (χ2n) is 6.09. The first kappa shape index (κ1) is 20.1. The molecule has 0 unspecified atom stereocenters. The molecule has 0 aliphatic carbocycles. The van der Waals surface area contributed by atoms with Crippen molar-refractivity contribution in [2.75, 3.05) is 25.5 Å². The molecule has 0 bridgehead atoms. The van der Waals surface area contributed by atoms with Crippen molar-refractivity contribution in [3.05, 3.63) is 28.5 Å². The van der Waals surface area contributed by atoms with Crippen LogP contribution in [0.2, 0.25) is 0 Å². The number of rotatable bonds is 7. The molecule has 0 N–H and O–H groups in total. The molecule has 146 valence electrons. The van der Waals surface area contributed by atoms with Crippen molar-refractivity contribution in [1.82, 2.24) is 14.9 Å². The first-order valence-corrected chi connectivity index (χ1v) is 10.0. The maximum atomic E-state index is 13.3. The van der Waals surface area contributed by atoms with Crippen molar-refractivity contribution in [2.24, 2.45) is 0 Å². The summed E-state index contributed by atoms with van der Waals surface area (Å²) in [5.41, 5.74) is -0.918. The number of hydrogen-bond donors (Lipinski definition) is 0. The summed E-state index contributed by atoms with van der Waals surface area (Å²) in [7, 11) is 0. The Labute approximate surface area is 163 Å². The predicted octanol–water partition coefficient (Wildman–Crippen LogP) is 3.79. The minimum Gasteiger partial charge on any atom is -0.377 e. The standard InChI is InChI=1S/C17H18F3N3O2S2/c1-10-14(26-4-3-23(9-24)12-7-25-8-12)5-15(27-10)16-13(17(18,19)20)6-21-11(2)22-16/h5-6,9,12H,3-4,7-8H2,1-2H3. The van der Waals surface area contributed by atoms with Crippen LogP contribution in [-0.2, 0) is 15.7 Å². The molecule has 1 fully saturated rings. The highest BCUT2D eigenvalue weighted by atomic mass is 32.2. The van der Waals surface area contributed by atoms with Crippen molar-refractivity contribution < 1.29 is 22.7 Å². The van der Waals surface area contributed by atoms with Crippen LogP contribution in [0, 0.1) is 13.8 Å². The van der Waals surface area contributed by atoms with Crippen LogP contribution in [-0.4, -0.2) is 52.8 Å². The van der Waals surface area contributed by atoms with Gasteiger partial charge in [-0.15, -0.1) is 23.1 Å². The fraction of sp³-hybridized carbons (Fsp3) is 0.471. The van der Waals surface area contributed by atoms with Crippen molar-refractivity contribution in [2.45, 2.75) is 31.0 Å². The van der Waals surface area contributed by atoms with Gasteiger partial charge in [-0.1, -0.05) is 0 Å².